The van der Waals surface area contributed by atoms with Crippen LogP contribution in [-0.4, -0.2) is 26.9 Å². The van der Waals surface area contributed by atoms with Gasteiger partial charge in [0.05, 0.1) is 16.5 Å². The fourth-order valence-electron chi connectivity index (χ4n) is 2.23. The van der Waals surface area contributed by atoms with Gasteiger partial charge in [-0.2, -0.15) is 0 Å². The van der Waals surface area contributed by atoms with E-state index in [2.05, 4.69) is 5.32 Å². The lowest BCUT2D eigenvalue weighted by Gasteiger charge is -2.15. The van der Waals surface area contributed by atoms with Gasteiger partial charge in [-0.25, -0.2) is 22.7 Å². The number of hydrogen-bond acceptors (Lipinski definition) is 5. The molecule has 0 aliphatic heterocycles. The van der Waals surface area contributed by atoms with Gasteiger partial charge in [0.15, 0.2) is 6.61 Å². The zero-order valence-electron chi connectivity index (χ0n) is 14.1. The van der Waals surface area contributed by atoms with Gasteiger partial charge in [0, 0.05) is 5.02 Å². The summed E-state index contributed by atoms with van der Waals surface area (Å²) < 4.78 is 41.1. The summed E-state index contributed by atoms with van der Waals surface area (Å²) in [6.07, 6.45) is 0. The molecular weight excluding hydrogens is 399 g/mol. The first-order chi connectivity index (χ1) is 12.6. The van der Waals surface area contributed by atoms with Gasteiger partial charge in [-0.3, -0.25) is 4.79 Å². The molecule has 1 atom stereocenters. The molecular formula is C17H16ClFN2O5S. The van der Waals surface area contributed by atoms with Crippen LogP contribution in [0.15, 0.2) is 47.4 Å². The normalized spacial score (nSPS) is 12.3. The first-order valence-electron chi connectivity index (χ1n) is 7.63. The van der Waals surface area contributed by atoms with Crippen LogP contribution in [0.4, 0.5) is 4.39 Å². The highest BCUT2D eigenvalue weighted by Crippen LogP contribution is 2.22. The van der Waals surface area contributed by atoms with E-state index in [1.807, 2.05) is 0 Å². The number of hydrogen-bond donors (Lipinski definition) is 2. The number of nitrogens with two attached hydrogens (primary N) is 1. The zero-order chi connectivity index (χ0) is 20.2. The fourth-order valence-corrected chi connectivity index (χ4v) is 3.07. The molecule has 144 valence electrons. The van der Waals surface area contributed by atoms with E-state index in [9.17, 15) is 22.4 Å². The van der Waals surface area contributed by atoms with Crippen molar-refractivity contribution >= 4 is 33.5 Å². The zero-order valence-corrected chi connectivity index (χ0v) is 15.7. The van der Waals surface area contributed by atoms with Gasteiger partial charge < -0.3 is 10.1 Å². The molecule has 27 heavy (non-hydrogen) atoms. The molecule has 0 saturated heterocycles. The first-order valence-corrected chi connectivity index (χ1v) is 9.55. The van der Waals surface area contributed by atoms with Gasteiger partial charge in [0.1, 0.15) is 5.82 Å². The molecule has 0 radical (unpaired) electrons. The van der Waals surface area contributed by atoms with E-state index in [-0.39, 0.29) is 0 Å². The lowest BCUT2D eigenvalue weighted by molar-refractivity contribution is -0.124. The van der Waals surface area contributed by atoms with E-state index in [0.29, 0.717) is 10.6 Å². The van der Waals surface area contributed by atoms with Crippen LogP contribution < -0.4 is 10.5 Å². The number of benzene rings is 2. The Morgan fingerprint density at radius 2 is 1.93 bits per heavy atom. The number of nitrogens with one attached hydrogen (secondary N) is 1. The topological polar surface area (TPSA) is 116 Å². The van der Waals surface area contributed by atoms with Crippen molar-refractivity contribution in [1.82, 2.24) is 5.32 Å². The molecule has 0 aromatic heterocycles. The highest BCUT2D eigenvalue weighted by Gasteiger charge is 2.19. The summed E-state index contributed by atoms with van der Waals surface area (Å²) in [5, 5.41) is 7.99. The average Bonchev–Trinajstić information content (AvgIpc) is 2.59. The number of carbonyl (C=O) groups excluding carboxylic acids is 2. The van der Waals surface area contributed by atoms with Gasteiger partial charge >= 0.3 is 5.97 Å². The number of halogens is 2. The standard InChI is InChI=1S/C17H16ClFN2O5S/c1-10(12-4-2-3-5-14(12)18)21-16(22)9-26-17(23)13-8-11(27(20,24)25)6-7-15(13)19/h2-8,10H,9H2,1H3,(H,21,22)(H2,20,24,25)/t10-/m1/s1. The highest BCUT2D eigenvalue weighted by molar-refractivity contribution is 7.89. The van der Waals surface area contributed by atoms with E-state index >= 15 is 0 Å². The van der Waals surface area contributed by atoms with Crippen LogP contribution in [0.3, 0.4) is 0 Å². The van der Waals surface area contributed by atoms with Crippen molar-refractivity contribution in [3.63, 3.8) is 0 Å². The van der Waals surface area contributed by atoms with E-state index in [1.165, 1.54) is 0 Å². The van der Waals surface area contributed by atoms with Crippen molar-refractivity contribution < 1.29 is 27.1 Å². The Bertz CT molecular complexity index is 981. The Balaban J connectivity index is 2.01. The molecule has 0 saturated carbocycles. The summed E-state index contributed by atoms with van der Waals surface area (Å²) >= 11 is 6.04. The predicted octanol–water partition coefficient (Wildman–Crippen LogP) is 2.16. The molecule has 0 aliphatic rings. The second kappa shape index (κ2) is 8.47. The van der Waals surface area contributed by atoms with Gasteiger partial charge in [0.25, 0.3) is 5.91 Å². The molecule has 1 amide bonds. The number of ether oxygens (including phenoxy) is 1. The maximum atomic E-state index is 13.8. The quantitative estimate of drug-likeness (QED) is 0.703. The van der Waals surface area contributed by atoms with Crippen LogP contribution in [0.2, 0.25) is 5.02 Å². The third kappa shape index (κ3) is 5.49. The second-order valence-corrected chi connectivity index (χ2v) is 7.54. The van der Waals surface area contributed by atoms with Crippen LogP contribution in [0.1, 0.15) is 28.9 Å². The van der Waals surface area contributed by atoms with Crippen LogP contribution in [0.25, 0.3) is 0 Å². The molecule has 0 unspecified atom stereocenters. The van der Waals surface area contributed by atoms with Crippen molar-refractivity contribution in [3.8, 4) is 0 Å². The van der Waals surface area contributed by atoms with Crippen LogP contribution in [0, 0.1) is 5.82 Å². The minimum Gasteiger partial charge on any atom is -0.452 e. The predicted molar refractivity (Wildman–Crippen MR) is 96.1 cm³/mol. The SMILES string of the molecule is C[C@@H](NC(=O)COC(=O)c1cc(S(N)(=O)=O)ccc1F)c1ccccc1Cl. The molecule has 10 heteroatoms. The largest absolute Gasteiger partial charge is 0.452 e. The monoisotopic (exact) mass is 414 g/mol. The lowest BCUT2D eigenvalue weighted by atomic mass is 10.1. The van der Waals surface area contributed by atoms with Crippen LogP contribution in [0.5, 0.6) is 0 Å². The number of rotatable bonds is 6. The maximum absolute atomic E-state index is 13.8. The maximum Gasteiger partial charge on any atom is 0.341 e. The number of sulfonamides is 1. The molecule has 7 nitrogen and oxygen atoms in total. The summed E-state index contributed by atoms with van der Waals surface area (Å²) in [6, 6.07) is 8.88. The molecule has 3 N–H and O–H groups in total. The van der Waals surface area contributed by atoms with Crippen molar-refractivity contribution in [1.29, 1.82) is 0 Å². The molecule has 0 aliphatic carbocycles. The van der Waals surface area contributed by atoms with Crippen molar-refractivity contribution in [2.24, 2.45) is 5.14 Å². The minimum atomic E-state index is -4.12. The molecule has 0 fully saturated rings. The Morgan fingerprint density at radius 3 is 2.56 bits per heavy atom. The van der Waals surface area contributed by atoms with Crippen molar-refractivity contribution in [3.05, 3.63) is 64.4 Å². The van der Waals surface area contributed by atoms with Crippen molar-refractivity contribution in [2.75, 3.05) is 6.61 Å². The Hall–Kier alpha value is -2.49. The van der Waals surface area contributed by atoms with Gasteiger partial charge in [-0.15, -0.1) is 0 Å². The van der Waals surface area contributed by atoms with Gasteiger partial charge in [-0.05, 0) is 36.8 Å². The summed E-state index contributed by atoms with van der Waals surface area (Å²) in [6.45, 7) is 1.00. The fraction of sp³-hybridized carbons (Fsp3) is 0.176. The minimum absolute atomic E-state index is 0.451. The first kappa shape index (κ1) is 20.8. The van der Waals surface area contributed by atoms with E-state index < -0.39 is 50.8 Å². The van der Waals surface area contributed by atoms with E-state index in [4.69, 9.17) is 21.5 Å². The molecule has 2 aromatic rings. The molecule has 0 heterocycles. The smallest absolute Gasteiger partial charge is 0.341 e. The summed E-state index contributed by atoms with van der Waals surface area (Å²) in [7, 11) is -4.12. The third-order valence-corrected chi connectivity index (χ3v) is 4.83. The Morgan fingerprint density at radius 1 is 1.26 bits per heavy atom. The number of carbonyl (C=O) groups is 2. The van der Waals surface area contributed by atoms with Crippen LogP contribution >= 0.6 is 11.6 Å². The van der Waals surface area contributed by atoms with Gasteiger partial charge in [0.2, 0.25) is 10.0 Å². The summed E-state index contributed by atoms with van der Waals surface area (Å²) in [5.74, 6) is -2.84. The number of esters is 1. The van der Waals surface area contributed by atoms with Gasteiger partial charge in [-0.1, -0.05) is 29.8 Å². The van der Waals surface area contributed by atoms with Crippen molar-refractivity contribution in [2.45, 2.75) is 17.9 Å². The van der Waals surface area contributed by atoms with Crippen LogP contribution in [-0.2, 0) is 19.6 Å². The number of primary sulfonamides is 1. The highest BCUT2D eigenvalue weighted by atomic mass is 35.5. The Labute approximate surface area is 160 Å². The summed E-state index contributed by atoms with van der Waals surface area (Å²) in [5.41, 5.74) is 0.0271. The lowest BCUT2D eigenvalue weighted by Crippen LogP contribution is -2.31. The average molecular weight is 415 g/mol. The summed E-state index contributed by atoms with van der Waals surface area (Å²) in [4.78, 5) is 23.5. The molecule has 2 aromatic carbocycles. The van der Waals surface area contributed by atoms with E-state index in [0.717, 1.165) is 18.2 Å². The number of amides is 1. The molecule has 2 rings (SSSR count). The second-order valence-electron chi connectivity index (χ2n) is 5.57. The molecule has 0 spiro atoms. The third-order valence-electron chi connectivity index (χ3n) is 3.57. The van der Waals surface area contributed by atoms with E-state index in [1.54, 1.807) is 31.2 Å². The molecule has 0 bridgehead atoms. The Kier molecular flexibility index (Phi) is 6.53.